The van der Waals surface area contributed by atoms with Gasteiger partial charge < -0.3 is 5.73 Å². The Morgan fingerprint density at radius 3 is 2.68 bits per heavy atom. The van der Waals surface area contributed by atoms with Crippen molar-refractivity contribution in [2.24, 2.45) is 34.3 Å². The number of carbonyl (C=O) groups excluding carboxylic acids is 2. The van der Waals surface area contributed by atoms with Crippen LogP contribution in [0.25, 0.3) is 0 Å². The number of hydrogen-bond acceptors (Lipinski definition) is 3. The minimum atomic E-state index is -0.162. The van der Waals surface area contributed by atoms with E-state index < -0.39 is 0 Å². The van der Waals surface area contributed by atoms with Gasteiger partial charge in [-0.1, -0.05) is 32.1 Å². The molecule has 4 aliphatic rings. The van der Waals surface area contributed by atoms with Crippen LogP contribution < -0.4 is 5.73 Å². The summed E-state index contributed by atoms with van der Waals surface area (Å²) in [4.78, 5) is 24.2. The molecule has 2 N–H and O–H groups in total. The van der Waals surface area contributed by atoms with E-state index in [1.54, 1.807) is 6.08 Å². The molecule has 2 fully saturated rings. The first-order valence-electron chi connectivity index (χ1n) is 8.33. The number of Topliss-reactive ketones (excluding diaryl/α,β-unsaturated/α-hetero) is 1. The zero-order chi connectivity index (χ0) is 15.7. The Kier molecular flexibility index (Phi) is 2.68. The topological polar surface area (TPSA) is 60.2 Å². The Bertz CT molecular complexity index is 671. The lowest BCUT2D eigenvalue weighted by molar-refractivity contribution is -0.130. The Labute approximate surface area is 131 Å². The third kappa shape index (κ3) is 1.52. The second-order valence-corrected chi connectivity index (χ2v) is 7.88. The summed E-state index contributed by atoms with van der Waals surface area (Å²) in [6.45, 7) is 4.37. The maximum Gasteiger partial charge on any atom is 0.201 e. The molecule has 0 heterocycles. The predicted octanol–water partition coefficient (Wildman–Crippen LogP) is 2.93. The van der Waals surface area contributed by atoms with Crippen molar-refractivity contribution in [2.45, 2.75) is 39.5 Å². The molecule has 5 atom stereocenters. The molecule has 0 saturated heterocycles. The van der Waals surface area contributed by atoms with Gasteiger partial charge in [0.25, 0.3) is 0 Å². The lowest BCUT2D eigenvalue weighted by Crippen LogP contribution is -2.48. The van der Waals surface area contributed by atoms with Gasteiger partial charge >= 0.3 is 0 Å². The van der Waals surface area contributed by atoms with Gasteiger partial charge in [0.05, 0.1) is 5.70 Å². The highest BCUT2D eigenvalue weighted by molar-refractivity contribution is 6.05. The molecule has 0 spiro atoms. The van der Waals surface area contributed by atoms with E-state index in [9.17, 15) is 9.59 Å². The molecule has 3 heteroatoms. The normalized spacial score (nSPS) is 46.5. The Balaban J connectivity index is 1.82. The lowest BCUT2D eigenvalue weighted by atomic mass is 9.50. The van der Waals surface area contributed by atoms with Crippen LogP contribution in [0.5, 0.6) is 0 Å². The largest absolute Gasteiger partial charge is 0.395 e. The highest BCUT2D eigenvalue weighted by Crippen LogP contribution is 2.61. The van der Waals surface area contributed by atoms with E-state index >= 15 is 0 Å². The number of ketones is 2. The second kappa shape index (κ2) is 4.21. The van der Waals surface area contributed by atoms with Crippen molar-refractivity contribution in [1.82, 2.24) is 0 Å². The van der Waals surface area contributed by atoms with E-state index in [4.69, 9.17) is 5.73 Å². The third-order valence-corrected chi connectivity index (χ3v) is 7.01. The van der Waals surface area contributed by atoms with Crippen molar-refractivity contribution >= 4 is 11.6 Å². The average molecular weight is 297 g/mol. The maximum atomic E-state index is 12.4. The van der Waals surface area contributed by atoms with E-state index in [0.29, 0.717) is 29.2 Å². The van der Waals surface area contributed by atoms with Crippen molar-refractivity contribution in [3.8, 4) is 0 Å². The van der Waals surface area contributed by atoms with Crippen LogP contribution in [-0.2, 0) is 9.59 Å². The number of nitrogens with two attached hydrogens (primary N) is 1. The summed E-state index contributed by atoms with van der Waals surface area (Å²) in [5.74, 6) is 1.68. The van der Waals surface area contributed by atoms with E-state index in [-0.39, 0.29) is 16.6 Å². The van der Waals surface area contributed by atoms with Crippen LogP contribution in [0.15, 0.2) is 35.6 Å². The van der Waals surface area contributed by atoms with Crippen LogP contribution in [0.4, 0.5) is 0 Å². The van der Waals surface area contributed by atoms with Crippen molar-refractivity contribution in [3.05, 3.63) is 35.6 Å². The number of rotatable bonds is 0. The highest BCUT2D eigenvalue weighted by Gasteiger charge is 2.57. The second-order valence-electron chi connectivity index (χ2n) is 7.88. The van der Waals surface area contributed by atoms with Crippen molar-refractivity contribution in [1.29, 1.82) is 0 Å². The van der Waals surface area contributed by atoms with Crippen molar-refractivity contribution in [3.63, 3.8) is 0 Å². The van der Waals surface area contributed by atoms with Gasteiger partial charge in [-0.25, -0.2) is 0 Å². The molecule has 2 saturated carbocycles. The summed E-state index contributed by atoms with van der Waals surface area (Å²) in [5, 5.41) is 0. The molecule has 0 bridgehead atoms. The predicted molar refractivity (Wildman–Crippen MR) is 84.7 cm³/mol. The van der Waals surface area contributed by atoms with Gasteiger partial charge in [0.2, 0.25) is 5.78 Å². The Morgan fingerprint density at radius 1 is 1.14 bits per heavy atom. The summed E-state index contributed by atoms with van der Waals surface area (Å²) in [5.41, 5.74) is 7.15. The van der Waals surface area contributed by atoms with Crippen LogP contribution in [0.3, 0.4) is 0 Å². The molecule has 0 aromatic rings. The van der Waals surface area contributed by atoms with Gasteiger partial charge in [-0.2, -0.15) is 0 Å². The molecule has 116 valence electrons. The van der Waals surface area contributed by atoms with E-state index in [1.165, 1.54) is 0 Å². The first kappa shape index (κ1) is 14.0. The van der Waals surface area contributed by atoms with Crippen molar-refractivity contribution in [2.75, 3.05) is 0 Å². The zero-order valence-corrected chi connectivity index (χ0v) is 13.3. The van der Waals surface area contributed by atoms with Gasteiger partial charge in [-0.3, -0.25) is 9.59 Å². The van der Waals surface area contributed by atoms with E-state index in [0.717, 1.165) is 31.3 Å². The first-order valence-corrected chi connectivity index (χ1v) is 8.33. The fraction of sp³-hybridized carbons (Fsp3) is 0.579. The number of hydrogen-bond donors (Lipinski definition) is 1. The summed E-state index contributed by atoms with van der Waals surface area (Å²) in [6, 6.07) is 0. The number of carbonyl (C=O) groups is 2. The monoisotopic (exact) mass is 297 g/mol. The number of allylic oxidation sites excluding steroid dienone is 5. The molecule has 0 aromatic carbocycles. The molecule has 3 nitrogen and oxygen atoms in total. The Hall–Kier alpha value is -1.64. The molecule has 0 aromatic heterocycles. The van der Waals surface area contributed by atoms with Gasteiger partial charge in [0, 0.05) is 17.3 Å². The molecule has 0 aliphatic heterocycles. The summed E-state index contributed by atoms with van der Waals surface area (Å²) in [6.07, 6.45) is 11.7. The molecule has 0 unspecified atom stereocenters. The summed E-state index contributed by atoms with van der Waals surface area (Å²) < 4.78 is 0. The maximum absolute atomic E-state index is 12.4. The van der Waals surface area contributed by atoms with Gasteiger partial charge in [0.15, 0.2) is 0 Å². The van der Waals surface area contributed by atoms with Crippen LogP contribution >= 0.6 is 0 Å². The van der Waals surface area contributed by atoms with Crippen molar-refractivity contribution < 1.29 is 9.59 Å². The quantitative estimate of drug-likeness (QED) is 0.748. The van der Waals surface area contributed by atoms with Crippen LogP contribution in [0.2, 0.25) is 0 Å². The highest BCUT2D eigenvalue weighted by atomic mass is 16.1. The van der Waals surface area contributed by atoms with E-state index in [1.807, 2.05) is 0 Å². The molecule has 4 aliphatic carbocycles. The third-order valence-electron chi connectivity index (χ3n) is 7.01. The molecular formula is C19H23NO2. The standard InChI is InChI=1S/C19H23NO2/c1-18-10-8-15(21)17(20)14(18)4-3-11-12-5-6-16(22)19(12,2)9-7-13(11)18/h3-4,8,10-13H,5-7,9,20H2,1-2H3/t11-,12-,13+,18+,19-/m0/s1. The van der Waals surface area contributed by atoms with Crippen LogP contribution in [0, 0.1) is 28.6 Å². The van der Waals surface area contributed by atoms with Gasteiger partial charge in [-0.05, 0) is 48.7 Å². The summed E-state index contributed by atoms with van der Waals surface area (Å²) >= 11 is 0. The minimum absolute atomic E-state index is 0.0766. The van der Waals surface area contributed by atoms with Crippen LogP contribution in [-0.4, -0.2) is 11.6 Å². The average Bonchev–Trinajstić information content (AvgIpc) is 2.79. The zero-order valence-electron chi connectivity index (χ0n) is 13.3. The fourth-order valence-corrected chi connectivity index (χ4v) is 5.59. The lowest BCUT2D eigenvalue weighted by Gasteiger charge is -2.53. The van der Waals surface area contributed by atoms with Gasteiger partial charge in [0.1, 0.15) is 5.78 Å². The SMILES string of the molecule is C[C@]12C=CC(=O)C(N)=C1C=C[C@@H]1[C@H]2CC[C@]2(C)C(=O)CC[C@@H]12. The van der Waals surface area contributed by atoms with E-state index in [2.05, 4.69) is 32.1 Å². The summed E-state index contributed by atoms with van der Waals surface area (Å²) in [7, 11) is 0. The molecular weight excluding hydrogens is 274 g/mol. The molecule has 4 rings (SSSR count). The fourth-order valence-electron chi connectivity index (χ4n) is 5.59. The smallest absolute Gasteiger partial charge is 0.201 e. The van der Waals surface area contributed by atoms with Gasteiger partial charge in [-0.15, -0.1) is 0 Å². The molecule has 22 heavy (non-hydrogen) atoms. The first-order chi connectivity index (χ1) is 10.4. The minimum Gasteiger partial charge on any atom is -0.395 e. The Morgan fingerprint density at radius 2 is 1.91 bits per heavy atom. The number of fused-ring (bicyclic) bond motifs is 5. The van der Waals surface area contributed by atoms with Crippen LogP contribution in [0.1, 0.15) is 39.5 Å². The molecule has 0 amide bonds. The molecule has 0 radical (unpaired) electrons.